The molecule has 0 saturated carbocycles. The Labute approximate surface area is 115 Å². The molecule has 6 heteroatoms. The lowest BCUT2D eigenvalue weighted by molar-refractivity contribution is -0.383. The van der Waals surface area contributed by atoms with Crippen LogP contribution in [0.4, 0.5) is 11.4 Å². The van der Waals surface area contributed by atoms with Crippen molar-refractivity contribution in [2.75, 3.05) is 5.32 Å². The highest BCUT2D eigenvalue weighted by Gasteiger charge is 2.18. The summed E-state index contributed by atoms with van der Waals surface area (Å²) in [6.45, 7) is 2.35. The van der Waals surface area contributed by atoms with Crippen LogP contribution in [0.5, 0.6) is 0 Å². The standard InChI is InChI=1S/C13H12ClN3O2/c1-9-4-3-7-15-12(9)8-16-11-6-2-5-10(14)13(11)17(18)19/h2-7,16H,8H2,1H3. The number of halogens is 1. The SMILES string of the molecule is Cc1cccnc1CNc1cccc(Cl)c1[N+](=O)[O-]. The largest absolute Gasteiger partial charge is 0.374 e. The van der Waals surface area contributed by atoms with Crippen LogP contribution in [-0.2, 0) is 6.54 Å². The molecular weight excluding hydrogens is 266 g/mol. The van der Waals surface area contributed by atoms with Gasteiger partial charge in [-0.15, -0.1) is 0 Å². The van der Waals surface area contributed by atoms with Crippen LogP contribution in [0.3, 0.4) is 0 Å². The van der Waals surface area contributed by atoms with E-state index in [0.29, 0.717) is 12.2 Å². The number of aromatic nitrogens is 1. The van der Waals surface area contributed by atoms with E-state index in [0.717, 1.165) is 11.3 Å². The number of hydrogen-bond donors (Lipinski definition) is 1. The minimum atomic E-state index is -0.490. The monoisotopic (exact) mass is 277 g/mol. The quantitative estimate of drug-likeness (QED) is 0.685. The molecule has 1 N–H and O–H groups in total. The molecule has 0 saturated heterocycles. The van der Waals surface area contributed by atoms with Gasteiger partial charge in [0, 0.05) is 6.20 Å². The third kappa shape index (κ3) is 3.00. The average Bonchev–Trinajstić information content (AvgIpc) is 2.37. The first kappa shape index (κ1) is 13.3. The third-order valence-electron chi connectivity index (χ3n) is 2.73. The Bertz CT molecular complexity index is 617. The van der Waals surface area contributed by atoms with Gasteiger partial charge in [-0.05, 0) is 30.7 Å². The second kappa shape index (κ2) is 5.67. The fourth-order valence-electron chi connectivity index (χ4n) is 1.73. The van der Waals surface area contributed by atoms with Crippen molar-refractivity contribution in [2.24, 2.45) is 0 Å². The lowest BCUT2D eigenvalue weighted by atomic mass is 10.2. The molecule has 0 aliphatic carbocycles. The van der Waals surface area contributed by atoms with Gasteiger partial charge in [-0.1, -0.05) is 23.7 Å². The topological polar surface area (TPSA) is 68.1 Å². The van der Waals surface area contributed by atoms with Crippen LogP contribution >= 0.6 is 11.6 Å². The van der Waals surface area contributed by atoms with E-state index in [2.05, 4.69) is 10.3 Å². The summed E-state index contributed by atoms with van der Waals surface area (Å²) in [4.78, 5) is 14.7. The van der Waals surface area contributed by atoms with Crippen molar-refractivity contribution in [3.05, 3.63) is 62.9 Å². The van der Waals surface area contributed by atoms with E-state index in [1.54, 1.807) is 18.3 Å². The number of pyridine rings is 1. The molecule has 19 heavy (non-hydrogen) atoms. The van der Waals surface area contributed by atoms with Crippen molar-refractivity contribution in [2.45, 2.75) is 13.5 Å². The number of benzene rings is 1. The first-order valence-electron chi connectivity index (χ1n) is 5.67. The average molecular weight is 278 g/mol. The van der Waals surface area contributed by atoms with Crippen LogP contribution < -0.4 is 5.32 Å². The Hall–Kier alpha value is -2.14. The summed E-state index contributed by atoms with van der Waals surface area (Å²) >= 11 is 5.84. The molecule has 0 atom stereocenters. The van der Waals surface area contributed by atoms with Gasteiger partial charge in [0.05, 0.1) is 17.2 Å². The highest BCUT2D eigenvalue weighted by Crippen LogP contribution is 2.32. The lowest BCUT2D eigenvalue weighted by Crippen LogP contribution is -2.05. The Morgan fingerprint density at radius 1 is 1.37 bits per heavy atom. The zero-order valence-electron chi connectivity index (χ0n) is 10.3. The molecule has 1 aromatic carbocycles. The summed E-state index contributed by atoms with van der Waals surface area (Å²) in [7, 11) is 0. The molecule has 0 fully saturated rings. The van der Waals surface area contributed by atoms with Crippen LogP contribution in [0.25, 0.3) is 0 Å². The van der Waals surface area contributed by atoms with Gasteiger partial charge in [0.2, 0.25) is 0 Å². The maximum atomic E-state index is 11.0. The fourth-order valence-corrected chi connectivity index (χ4v) is 1.97. The first-order valence-corrected chi connectivity index (χ1v) is 6.04. The third-order valence-corrected chi connectivity index (χ3v) is 3.04. The fraction of sp³-hybridized carbons (Fsp3) is 0.154. The summed E-state index contributed by atoms with van der Waals surface area (Å²) in [6.07, 6.45) is 1.69. The number of rotatable bonds is 4. The summed E-state index contributed by atoms with van der Waals surface area (Å²) in [5.41, 5.74) is 2.15. The van der Waals surface area contributed by atoms with Crippen molar-refractivity contribution >= 4 is 23.0 Å². The van der Waals surface area contributed by atoms with Crippen LogP contribution in [0.1, 0.15) is 11.3 Å². The summed E-state index contributed by atoms with van der Waals surface area (Å²) in [5.74, 6) is 0. The maximum absolute atomic E-state index is 11.0. The molecule has 0 spiro atoms. The van der Waals surface area contributed by atoms with E-state index < -0.39 is 4.92 Å². The number of nitro benzene ring substituents is 1. The molecule has 1 heterocycles. The van der Waals surface area contributed by atoms with E-state index in [1.807, 2.05) is 19.1 Å². The molecule has 0 aliphatic heterocycles. The van der Waals surface area contributed by atoms with Gasteiger partial charge >= 0.3 is 5.69 Å². The molecule has 2 rings (SSSR count). The van der Waals surface area contributed by atoms with Crippen molar-refractivity contribution in [3.63, 3.8) is 0 Å². The van der Waals surface area contributed by atoms with Gasteiger partial charge in [0.15, 0.2) is 0 Å². The molecule has 1 aromatic heterocycles. The highest BCUT2D eigenvalue weighted by molar-refractivity contribution is 6.33. The van der Waals surface area contributed by atoms with Gasteiger partial charge in [-0.25, -0.2) is 0 Å². The number of nitrogens with zero attached hydrogens (tertiary/aromatic N) is 2. The molecule has 5 nitrogen and oxygen atoms in total. The van der Waals surface area contributed by atoms with Gasteiger partial charge in [0.1, 0.15) is 10.7 Å². The Morgan fingerprint density at radius 2 is 2.16 bits per heavy atom. The Kier molecular flexibility index (Phi) is 3.97. The van der Waals surface area contributed by atoms with Gasteiger partial charge in [-0.2, -0.15) is 0 Å². The van der Waals surface area contributed by atoms with Gasteiger partial charge < -0.3 is 5.32 Å². The van der Waals surface area contributed by atoms with E-state index in [-0.39, 0.29) is 10.7 Å². The minimum Gasteiger partial charge on any atom is -0.374 e. The normalized spacial score (nSPS) is 10.2. The molecule has 2 aromatic rings. The predicted molar refractivity (Wildman–Crippen MR) is 74.4 cm³/mol. The van der Waals surface area contributed by atoms with E-state index in [4.69, 9.17) is 11.6 Å². The van der Waals surface area contributed by atoms with E-state index >= 15 is 0 Å². The van der Waals surface area contributed by atoms with Crippen LogP contribution in [-0.4, -0.2) is 9.91 Å². The van der Waals surface area contributed by atoms with Crippen LogP contribution in [0, 0.1) is 17.0 Å². The maximum Gasteiger partial charge on any atom is 0.310 e. The molecule has 0 bridgehead atoms. The zero-order chi connectivity index (χ0) is 13.8. The van der Waals surface area contributed by atoms with Crippen molar-refractivity contribution in [1.29, 1.82) is 0 Å². The summed E-state index contributed by atoms with van der Waals surface area (Å²) < 4.78 is 0. The summed E-state index contributed by atoms with van der Waals surface area (Å²) in [5, 5.41) is 14.1. The molecule has 0 aliphatic rings. The smallest absolute Gasteiger partial charge is 0.310 e. The second-order valence-electron chi connectivity index (χ2n) is 4.01. The van der Waals surface area contributed by atoms with Crippen LogP contribution in [0.15, 0.2) is 36.5 Å². The highest BCUT2D eigenvalue weighted by atomic mass is 35.5. The first-order chi connectivity index (χ1) is 9.09. The molecule has 0 amide bonds. The molecule has 0 radical (unpaired) electrons. The number of nitrogens with one attached hydrogen (secondary N) is 1. The lowest BCUT2D eigenvalue weighted by Gasteiger charge is -2.09. The Balaban J connectivity index is 2.23. The molecular formula is C13H12ClN3O2. The minimum absolute atomic E-state index is 0.113. The van der Waals surface area contributed by atoms with E-state index in [9.17, 15) is 10.1 Å². The van der Waals surface area contributed by atoms with Crippen molar-refractivity contribution in [3.8, 4) is 0 Å². The van der Waals surface area contributed by atoms with Gasteiger partial charge in [-0.3, -0.25) is 15.1 Å². The second-order valence-corrected chi connectivity index (χ2v) is 4.42. The molecule has 98 valence electrons. The number of aryl methyl sites for hydroxylation is 1. The zero-order valence-corrected chi connectivity index (χ0v) is 11.0. The van der Waals surface area contributed by atoms with Gasteiger partial charge in [0.25, 0.3) is 0 Å². The Morgan fingerprint density at radius 3 is 2.84 bits per heavy atom. The number of para-hydroxylation sites is 1. The van der Waals surface area contributed by atoms with Crippen molar-refractivity contribution in [1.82, 2.24) is 4.98 Å². The predicted octanol–water partition coefficient (Wildman–Crippen LogP) is 3.56. The van der Waals surface area contributed by atoms with E-state index in [1.165, 1.54) is 6.07 Å². The van der Waals surface area contributed by atoms with Crippen molar-refractivity contribution < 1.29 is 4.92 Å². The summed E-state index contributed by atoms with van der Waals surface area (Å²) in [6, 6.07) is 8.58. The number of anilines is 1. The number of nitro groups is 1. The molecule has 0 unspecified atom stereocenters. The number of hydrogen-bond acceptors (Lipinski definition) is 4. The van der Waals surface area contributed by atoms with Crippen LogP contribution in [0.2, 0.25) is 5.02 Å².